The zero-order valence-electron chi connectivity index (χ0n) is 16.0. The van der Waals surface area contributed by atoms with Gasteiger partial charge in [-0.05, 0) is 29.8 Å². The highest BCUT2D eigenvalue weighted by molar-refractivity contribution is 7.59. The Kier molecular flexibility index (Phi) is 6.71. The van der Waals surface area contributed by atoms with Gasteiger partial charge in [0.2, 0.25) is 0 Å². The molecule has 0 aliphatic carbocycles. The third-order valence-corrected chi connectivity index (χ3v) is 4.90. The molecule has 1 atom stereocenters. The Labute approximate surface area is 180 Å². The van der Waals surface area contributed by atoms with Crippen molar-refractivity contribution in [1.29, 1.82) is 0 Å². The SMILES string of the molecule is O=C(NO)c1ccc2c(c1)OC[C@H](c1ccccc1)N(C(=O)c1cccnc1)C2.S. The first kappa shape index (κ1) is 21.4. The molecule has 8 heteroatoms. The number of ether oxygens (including phenoxy) is 1. The van der Waals surface area contributed by atoms with Crippen molar-refractivity contribution >= 4 is 25.3 Å². The summed E-state index contributed by atoms with van der Waals surface area (Å²) in [5.74, 6) is -0.266. The Bertz CT molecular complexity index is 1030. The highest BCUT2D eigenvalue weighted by Gasteiger charge is 2.31. The average molecular weight is 423 g/mol. The number of carbonyl (C=O) groups excluding carboxylic acids is 2. The van der Waals surface area contributed by atoms with Crippen LogP contribution >= 0.6 is 13.5 Å². The molecule has 1 aromatic heterocycles. The molecule has 2 amide bonds. The number of carbonyl (C=O) groups is 2. The van der Waals surface area contributed by atoms with Crippen LogP contribution in [0.3, 0.4) is 0 Å². The molecule has 0 saturated carbocycles. The van der Waals surface area contributed by atoms with Crippen LogP contribution in [0.1, 0.15) is 37.9 Å². The zero-order valence-corrected chi connectivity index (χ0v) is 17.0. The molecule has 3 aromatic rings. The van der Waals surface area contributed by atoms with E-state index in [0.29, 0.717) is 17.9 Å². The second-order valence-corrected chi connectivity index (χ2v) is 6.68. The summed E-state index contributed by atoms with van der Waals surface area (Å²) in [6.07, 6.45) is 3.17. The summed E-state index contributed by atoms with van der Waals surface area (Å²) < 4.78 is 6.00. The molecular weight excluding hydrogens is 402 g/mol. The van der Waals surface area contributed by atoms with Crippen molar-refractivity contribution in [2.75, 3.05) is 6.61 Å². The standard InChI is InChI=1S/C22H19N3O4.H2S/c26-21(24-28)16-8-9-18-13-25(22(27)17-7-4-10-23-12-17)19(14-29-20(18)11-16)15-5-2-1-3-6-15;/h1-12,19,28H,13-14H2,(H,24,26);1H2/t19-;/m1./s1. The van der Waals surface area contributed by atoms with E-state index in [1.807, 2.05) is 30.3 Å². The van der Waals surface area contributed by atoms with Gasteiger partial charge in [-0.3, -0.25) is 19.8 Å². The summed E-state index contributed by atoms with van der Waals surface area (Å²) in [5, 5.41) is 8.88. The van der Waals surface area contributed by atoms with E-state index in [2.05, 4.69) is 4.98 Å². The van der Waals surface area contributed by atoms with Crippen molar-refractivity contribution in [3.8, 4) is 5.75 Å². The lowest BCUT2D eigenvalue weighted by molar-refractivity contribution is 0.0621. The number of nitrogens with one attached hydrogen (secondary N) is 1. The van der Waals surface area contributed by atoms with Gasteiger partial charge in [0, 0.05) is 23.5 Å². The van der Waals surface area contributed by atoms with Crippen molar-refractivity contribution in [2.45, 2.75) is 12.6 Å². The fourth-order valence-electron chi connectivity index (χ4n) is 3.40. The lowest BCUT2D eigenvalue weighted by atomic mass is 10.0. The second kappa shape index (κ2) is 9.43. The number of benzene rings is 2. The van der Waals surface area contributed by atoms with Crippen LogP contribution in [-0.2, 0) is 6.54 Å². The van der Waals surface area contributed by atoms with Crippen LogP contribution in [0, 0.1) is 0 Å². The van der Waals surface area contributed by atoms with Crippen LogP contribution in [0.4, 0.5) is 0 Å². The first-order valence-electron chi connectivity index (χ1n) is 9.13. The molecule has 1 aliphatic heterocycles. The molecule has 2 N–H and O–H groups in total. The molecule has 0 fully saturated rings. The summed E-state index contributed by atoms with van der Waals surface area (Å²) in [6.45, 7) is 0.539. The quantitative estimate of drug-likeness (QED) is 0.499. The van der Waals surface area contributed by atoms with Gasteiger partial charge in [-0.15, -0.1) is 0 Å². The molecule has 0 bridgehead atoms. The summed E-state index contributed by atoms with van der Waals surface area (Å²) in [6, 6.07) is 17.7. The molecule has 2 aromatic carbocycles. The Balaban J connectivity index is 0.00000256. The first-order valence-corrected chi connectivity index (χ1v) is 9.13. The van der Waals surface area contributed by atoms with Gasteiger partial charge in [-0.1, -0.05) is 36.4 Å². The van der Waals surface area contributed by atoms with Crippen molar-refractivity contribution in [3.63, 3.8) is 0 Å². The smallest absolute Gasteiger partial charge is 0.274 e. The van der Waals surface area contributed by atoms with E-state index in [1.54, 1.807) is 53.1 Å². The topological polar surface area (TPSA) is 91.8 Å². The molecule has 1 aliphatic rings. The average Bonchev–Trinajstić information content (AvgIpc) is 2.98. The highest BCUT2D eigenvalue weighted by atomic mass is 32.1. The van der Waals surface area contributed by atoms with E-state index in [0.717, 1.165) is 11.1 Å². The second-order valence-electron chi connectivity index (χ2n) is 6.68. The maximum absolute atomic E-state index is 13.3. The Morgan fingerprint density at radius 3 is 2.57 bits per heavy atom. The van der Waals surface area contributed by atoms with Gasteiger partial charge < -0.3 is 9.64 Å². The number of hydrogen-bond acceptors (Lipinski definition) is 5. The third kappa shape index (κ3) is 4.29. The minimum atomic E-state index is -0.622. The lowest BCUT2D eigenvalue weighted by Gasteiger charge is -2.29. The first-order chi connectivity index (χ1) is 14.2. The van der Waals surface area contributed by atoms with Gasteiger partial charge >= 0.3 is 0 Å². The number of nitrogens with zero attached hydrogens (tertiary/aromatic N) is 2. The number of aromatic nitrogens is 1. The Morgan fingerprint density at radius 1 is 1.07 bits per heavy atom. The predicted molar refractivity (Wildman–Crippen MR) is 115 cm³/mol. The van der Waals surface area contributed by atoms with Crippen molar-refractivity contribution in [1.82, 2.24) is 15.4 Å². The highest BCUT2D eigenvalue weighted by Crippen LogP contribution is 2.33. The number of amides is 2. The molecule has 2 heterocycles. The summed E-state index contributed by atoms with van der Waals surface area (Å²) in [5.41, 5.74) is 4.11. The zero-order chi connectivity index (χ0) is 20.2. The van der Waals surface area contributed by atoms with Gasteiger partial charge in [-0.25, -0.2) is 5.48 Å². The predicted octanol–water partition coefficient (Wildman–Crippen LogP) is 3.09. The molecular formula is C22H21N3O4S. The summed E-state index contributed by atoms with van der Waals surface area (Å²) in [4.78, 5) is 30.9. The molecule has 0 saturated heterocycles. The van der Waals surface area contributed by atoms with Gasteiger partial charge in [0.05, 0.1) is 18.2 Å². The summed E-state index contributed by atoms with van der Waals surface area (Å²) in [7, 11) is 0. The molecule has 0 spiro atoms. The minimum absolute atomic E-state index is 0. The number of rotatable bonds is 3. The van der Waals surface area contributed by atoms with E-state index in [1.165, 1.54) is 0 Å². The van der Waals surface area contributed by atoms with Crippen molar-refractivity contribution in [3.05, 3.63) is 95.3 Å². The van der Waals surface area contributed by atoms with Crippen LogP contribution < -0.4 is 10.2 Å². The molecule has 4 rings (SSSR count). The van der Waals surface area contributed by atoms with Gasteiger partial charge in [0.15, 0.2) is 0 Å². The van der Waals surface area contributed by atoms with E-state index >= 15 is 0 Å². The van der Waals surface area contributed by atoms with Crippen LogP contribution in [-0.4, -0.2) is 33.5 Å². The molecule has 0 unspecified atom stereocenters. The molecule has 0 radical (unpaired) electrons. The number of fused-ring (bicyclic) bond motifs is 1. The molecule has 30 heavy (non-hydrogen) atoms. The minimum Gasteiger partial charge on any atom is -0.491 e. The lowest BCUT2D eigenvalue weighted by Crippen LogP contribution is -2.36. The van der Waals surface area contributed by atoms with Crippen molar-refractivity contribution < 1.29 is 19.5 Å². The van der Waals surface area contributed by atoms with Crippen LogP contribution in [0.25, 0.3) is 0 Å². The maximum atomic E-state index is 13.3. The van der Waals surface area contributed by atoms with E-state index < -0.39 is 5.91 Å². The van der Waals surface area contributed by atoms with Gasteiger partial charge in [-0.2, -0.15) is 13.5 Å². The number of hydroxylamine groups is 1. The van der Waals surface area contributed by atoms with Gasteiger partial charge in [0.25, 0.3) is 11.8 Å². The van der Waals surface area contributed by atoms with Gasteiger partial charge in [0.1, 0.15) is 12.4 Å². The van der Waals surface area contributed by atoms with E-state index in [9.17, 15) is 9.59 Å². The van der Waals surface area contributed by atoms with Crippen LogP contribution in [0.15, 0.2) is 73.1 Å². The maximum Gasteiger partial charge on any atom is 0.274 e. The van der Waals surface area contributed by atoms with E-state index in [-0.39, 0.29) is 37.6 Å². The van der Waals surface area contributed by atoms with E-state index in [4.69, 9.17) is 9.94 Å². The van der Waals surface area contributed by atoms with Crippen LogP contribution in [0.5, 0.6) is 5.75 Å². The summed E-state index contributed by atoms with van der Waals surface area (Å²) >= 11 is 0. The Hall–Kier alpha value is -3.36. The normalized spacial score (nSPS) is 15.1. The monoisotopic (exact) mass is 423 g/mol. The van der Waals surface area contributed by atoms with Crippen LogP contribution in [0.2, 0.25) is 0 Å². The largest absolute Gasteiger partial charge is 0.491 e. The fraction of sp³-hybridized carbons (Fsp3) is 0.136. The number of pyridine rings is 1. The number of hydrogen-bond donors (Lipinski definition) is 2. The van der Waals surface area contributed by atoms with Crippen molar-refractivity contribution in [2.24, 2.45) is 0 Å². The molecule has 7 nitrogen and oxygen atoms in total. The fourth-order valence-corrected chi connectivity index (χ4v) is 3.40. The third-order valence-electron chi connectivity index (χ3n) is 4.90. The molecule has 154 valence electrons. The Morgan fingerprint density at radius 2 is 1.87 bits per heavy atom.